The van der Waals surface area contributed by atoms with Crippen LogP contribution >= 0.6 is 27.5 Å². The fraction of sp³-hybridized carbons (Fsp3) is 0.533. The number of aryl methyl sites for hydroxylation is 1. The molecule has 0 spiro atoms. The van der Waals surface area contributed by atoms with E-state index in [4.69, 9.17) is 11.6 Å². The Morgan fingerprint density at radius 1 is 1.37 bits per heavy atom. The SMILES string of the molecule is Cc1cc(Br)cc(C(=O)NC2CCCCC2CCl)c1. The summed E-state index contributed by atoms with van der Waals surface area (Å²) in [5.74, 6) is 1.04. The molecule has 1 aromatic carbocycles. The van der Waals surface area contributed by atoms with Crippen molar-refractivity contribution in [2.45, 2.75) is 38.6 Å². The zero-order chi connectivity index (χ0) is 13.8. The van der Waals surface area contributed by atoms with Crippen molar-refractivity contribution in [1.29, 1.82) is 0 Å². The largest absolute Gasteiger partial charge is 0.349 e. The van der Waals surface area contributed by atoms with Crippen molar-refractivity contribution in [2.24, 2.45) is 5.92 Å². The molecular weight excluding hydrogens is 326 g/mol. The average Bonchev–Trinajstić information content (AvgIpc) is 2.38. The highest BCUT2D eigenvalue weighted by atomic mass is 79.9. The number of halogens is 2. The Kier molecular flexibility index (Phi) is 5.28. The van der Waals surface area contributed by atoms with Crippen LogP contribution in [0.1, 0.15) is 41.6 Å². The summed E-state index contributed by atoms with van der Waals surface area (Å²) in [5, 5.41) is 3.15. The lowest BCUT2D eigenvalue weighted by atomic mass is 9.85. The van der Waals surface area contributed by atoms with Crippen LogP contribution in [0.3, 0.4) is 0 Å². The molecule has 1 aliphatic rings. The van der Waals surface area contributed by atoms with Crippen molar-refractivity contribution in [3.05, 3.63) is 33.8 Å². The van der Waals surface area contributed by atoms with Crippen LogP contribution in [0.15, 0.2) is 22.7 Å². The summed E-state index contributed by atoms with van der Waals surface area (Å²) in [6.07, 6.45) is 4.55. The molecule has 0 bridgehead atoms. The Balaban J connectivity index is 2.07. The van der Waals surface area contributed by atoms with Crippen molar-refractivity contribution in [2.75, 3.05) is 5.88 Å². The first-order valence-electron chi connectivity index (χ1n) is 6.74. The number of rotatable bonds is 3. The molecule has 19 heavy (non-hydrogen) atoms. The van der Waals surface area contributed by atoms with E-state index in [1.807, 2.05) is 25.1 Å². The van der Waals surface area contributed by atoms with E-state index < -0.39 is 0 Å². The molecule has 2 atom stereocenters. The highest BCUT2D eigenvalue weighted by Crippen LogP contribution is 2.26. The topological polar surface area (TPSA) is 29.1 Å². The number of hydrogen-bond donors (Lipinski definition) is 1. The van der Waals surface area contributed by atoms with Gasteiger partial charge in [-0.2, -0.15) is 0 Å². The maximum Gasteiger partial charge on any atom is 0.251 e. The van der Waals surface area contributed by atoms with Crippen molar-refractivity contribution in [1.82, 2.24) is 5.32 Å². The Labute approximate surface area is 128 Å². The molecule has 0 aliphatic heterocycles. The van der Waals surface area contributed by atoms with Crippen LogP contribution in [0.4, 0.5) is 0 Å². The molecule has 1 amide bonds. The highest BCUT2D eigenvalue weighted by Gasteiger charge is 2.26. The van der Waals surface area contributed by atoms with Crippen molar-refractivity contribution >= 4 is 33.4 Å². The Morgan fingerprint density at radius 3 is 2.79 bits per heavy atom. The number of carbonyl (C=O) groups is 1. The van der Waals surface area contributed by atoms with Crippen molar-refractivity contribution in [3.63, 3.8) is 0 Å². The molecule has 0 aromatic heterocycles. The van der Waals surface area contributed by atoms with Gasteiger partial charge in [-0.05, 0) is 49.4 Å². The van der Waals surface area contributed by atoms with E-state index in [1.165, 1.54) is 12.8 Å². The van der Waals surface area contributed by atoms with E-state index in [0.717, 1.165) is 22.9 Å². The Bertz CT molecular complexity index is 443. The standard InChI is InChI=1S/C15H19BrClNO/c1-10-6-12(8-13(16)7-10)15(19)18-14-5-3-2-4-11(14)9-17/h6-8,11,14H,2-5,9H2,1H3,(H,18,19). The van der Waals surface area contributed by atoms with Crippen LogP contribution in [0.25, 0.3) is 0 Å². The third kappa shape index (κ3) is 3.96. The fourth-order valence-electron chi connectivity index (χ4n) is 2.70. The van der Waals surface area contributed by atoms with Gasteiger partial charge < -0.3 is 5.32 Å². The predicted molar refractivity (Wildman–Crippen MR) is 82.8 cm³/mol. The van der Waals surface area contributed by atoms with Crippen LogP contribution < -0.4 is 5.32 Å². The van der Waals surface area contributed by atoms with Gasteiger partial charge in [-0.15, -0.1) is 11.6 Å². The zero-order valence-corrected chi connectivity index (χ0v) is 13.4. The number of amides is 1. The highest BCUT2D eigenvalue weighted by molar-refractivity contribution is 9.10. The van der Waals surface area contributed by atoms with Crippen LogP contribution in [-0.2, 0) is 0 Å². The second kappa shape index (κ2) is 6.76. The predicted octanol–water partition coefficient (Wildman–Crippen LogP) is 4.28. The lowest BCUT2D eigenvalue weighted by molar-refractivity contribution is 0.0911. The molecule has 1 fully saturated rings. The van der Waals surface area contributed by atoms with Gasteiger partial charge in [0.05, 0.1) is 0 Å². The molecule has 1 saturated carbocycles. The fourth-order valence-corrected chi connectivity index (χ4v) is 3.68. The van der Waals surface area contributed by atoms with Gasteiger partial charge in [0.15, 0.2) is 0 Å². The average molecular weight is 345 g/mol. The third-order valence-corrected chi connectivity index (χ3v) is 4.58. The summed E-state index contributed by atoms with van der Waals surface area (Å²) in [6, 6.07) is 6.00. The Hall–Kier alpha value is -0.540. The summed E-state index contributed by atoms with van der Waals surface area (Å²) in [4.78, 5) is 12.3. The zero-order valence-electron chi connectivity index (χ0n) is 11.1. The van der Waals surface area contributed by atoms with Gasteiger partial charge in [0, 0.05) is 22.0 Å². The third-order valence-electron chi connectivity index (χ3n) is 3.73. The van der Waals surface area contributed by atoms with Gasteiger partial charge in [-0.25, -0.2) is 0 Å². The van der Waals surface area contributed by atoms with Gasteiger partial charge in [0.2, 0.25) is 0 Å². The van der Waals surface area contributed by atoms with Gasteiger partial charge in [-0.3, -0.25) is 4.79 Å². The number of benzene rings is 1. The summed E-state index contributed by atoms with van der Waals surface area (Å²) in [7, 11) is 0. The minimum atomic E-state index is 0.00594. The molecule has 0 saturated heterocycles. The van der Waals surface area contributed by atoms with E-state index in [9.17, 15) is 4.79 Å². The van der Waals surface area contributed by atoms with Crippen molar-refractivity contribution in [3.8, 4) is 0 Å². The van der Waals surface area contributed by atoms with Crippen molar-refractivity contribution < 1.29 is 4.79 Å². The molecule has 0 heterocycles. The van der Waals surface area contributed by atoms with Crippen LogP contribution in [0.5, 0.6) is 0 Å². The van der Waals surface area contributed by atoms with E-state index in [2.05, 4.69) is 21.2 Å². The van der Waals surface area contributed by atoms with E-state index in [0.29, 0.717) is 17.4 Å². The summed E-state index contributed by atoms with van der Waals surface area (Å²) in [6.45, 7) is 1.99. The van der Waals surface area contributed by atoms with Gasteiger partial charge >= 0.3 is 0 Å². The molecule has 1 N–H and O–H groups in total. The van der Waals surface area contributed by atoms with Gasteiger partial charge in [0.1, 0.15) is 0 Å². The summed E-state index contributed by atoms with van der Waals surface area (Å²) in [5.41, 5.74) is 1.79. The monoisotopic (exact) mass is 343 g/mol. The summed E-state index contributed by atoms with van der Waals surface area (Å²) < 4.78 is 0.940. The van der Waals surface area contributed by atoms with Gasteiger partial charge in [0.25, 0.3) is 5.91 Å². The first-order chi connectivity index (χ1) is 9.10. The van der Waals surface area contributed by atoms with Crippen LogP contribution in [-0.4, -0.2) is 17.8 Å². The smallest absolute Gasteiger partial charge is 0.251 e. The normalized spacial score (nSPS) is 23.1. The molecule has 1 aliphatic carbocycles. The second-order valence-electron chi connectivity index (χ2n) is 5.30. The quantitative estimate of drug-likeness (QED) is 0.815. The minimum Gasteiger partial charge on any atom is -0.349 e. The lowest BCUT2D eigenvalue weighted by Crippen LogP contribution is -2.42. The molecule has 4 heteroatoms. The molecular formula is C15H19BrClNO. The molecule has 1 aromatic rings. The molecule has 0 radical (unpaired) electrons. The first kappa shape index (κ1) is 14.9. The van der Waals surface area contributed by atoms with Crippen LogP contribution in [0.2, 0.25) is 0 Å². The summed E-state index contributed by atoms with van der Waals surface area (Å²) >= 11 is 9.43. The number of alkyl halides is 1. The lowest BCUT2D eigenvalue weighted by Gasteiger charge is -2.30. The molecule has 2 nitrogen and oxygen atoms in total. The van der Waals surface area contributed by atoms with E-state index in [-0.39, 0.29) is 11.9 Å². The number of hydrogen-bond acceptors (Lipinski definition) is 1. The minimum absolute atomic E-state index is 0.00594. The van der Waals surface area contributed by atoms with Gasteiger partial charge in [-0.1, -0.05) is 28.8 Å². The molecule has 104 valence electrons. The molecule has 2 rings (SSSR count). The maximum atomic E-state index is 12.3. The number of carbonyl (C=O) groups excluding carboxylic acids is 1. The second-order valence-corrected chi connectivity index (χ2v) is 6.52. The van der Waals surface area contributed by atoms with E-state index in [1.54, 1.807) is 0 Å². The maximum absolute atomic E-state index is 12.3. The first-order valence-corrected chi connectivity index (χ1v) is 8.07. The van der Waals surface area contributed by atoms with E-state index >= 15 is 0 Å². The molecule has 2 unspecified atom stereocenters. The van der Waals surface area contributed by atoms with Crippen LogP contribution in [0, 0.1) is 12.8 Å². The number of nitrogens with one attached hydrogen (secondary N) is 1. The Morgan fingerprint density at radius 2 is 2.11 bits per heavy atom.